The lowest BCUT2D eigenvalue weighted by molar-refractivity contribution is 0.0761. The van der Waals surface area contributed by atoms with Crippen LogP contribution in [0.1, 0.15) is 22.5 Å². The van der Waals surface area contributed by atoms with E-state index in [0.717, 1.165) is 6.54 Å². The van der Waals surface area contributed by atoms with E-state index in [1.807, 2.05) is 0 Å². The van der Waals surface area contributed by atoms with Crippen LogP contribution in [0, 0.1) is 6.92 Å². The van der Waals surface area contributed by atoms with Crippen molar-refractivity contribution in [2.45, 2.75) is 25.5 Å². The van der Waals surface area contributed by atoms with Crippen molar-refractivity contribution in [1.29, 1.82) is 0 Å². The molecule has 1 aliphatic heterocycles. The maximum absolute atomic E-state index is 12.3. The summed E-state index contributed by atoms with van der Waals surface area (Å²) in [5.74, 6) is -0.354. The van der Waals surface area contributed by atoms with Gasteiger partial charge in [-0.3, -0.25) is 19.8 Å². The SMILES string of the molecule is Cc1cc(C(=O)N[C@@H]2CCNC[C@H]2O)nc2[nH][nH]c(=O)c12. The summed E-state index contributed by atoms with van der Waals surface area (Å²) in [6, 6.07) is 1.29. The number of aromatic nitrogens is 3. The van der Waals surface area contributed by atoms with Gasteiger partial charge in [-0.1, -0.05) is 0 Å². The van der Waals surface area contributed by atoms with Gasteiger partial charge in [-0.15, -0.1) is 0 Å². The maximum atomic E-state index is 12.3. The van der Waals surface area contributed by atoms with Crippen molar-refractivity contribution >= 4 is 16.9 Å². The maximum Gasteiger partial charge on any atom is 0.273 e. The van der Waals surface area contributed by atoms with Crippen LogP contribution in [-0.2, 0) is 0 Å². The first-order valence-corrected chi connectivity index (χ1v) is 6.84. The largest absolute Gasteiger partial charge is 0.390 e. The van der Waals surface area contributed by atoms with Gasteiger partial charge < -0.3 is 15.7 Å². The molecule has 21 heavy (non-hydrogen) atoms. The predicted octanol–water partition coefficient (Wildman–Crippen LogP) is -0.988. The Morgan fingerprint density at radius 2 is 2.29 bits per heavy atom. The average molecular weight is 291 g/mol. The zero-order valence-corrected chi connectivity index (χ0v) is 11.6. The van der Waals surface area contributed by atoms with Crippen LogP contribution in [0.2, 0.25) is 0 Å². The monoisotopic (exact) mass is 291 g/mol. The van der Waals surface area contributed by atoms with Crippen molar-refractivity contribution in [3.05, 3.63) is 27.7 Å². The Kier molecular flexibility index (Phi) is 3.48. The number of rotatable bonds is 2. The Morgan fingerprint density at radius 3 is 3.05 bits per heavy atom. The van der Waals surface area contributed by atoms with E-state index in [1.165, 1.54) is 0 Å². The number of fused-ring (bicyclic) bond motifs is 1. The Labute approximate surface area is 119 Å². The third-order valence-electron chi connectivity index (χ3n) is 3.74. The highest BCUT2D eigenvalue weighted by Crippen LogP contribution is 2.12. The van der Waals surface area contributed by atoms with Gasteiger partial charge in [0.05, 0.1) is 17.5 Å². The van der Waals surface area contributed by atoms with E-state index in [9.17, 15) is 14.7 Å². The molecule has 1 aliphatic rings. The van der Waals surface area contributed by atoms with Crippen LogP contribution in [-0.4, -0.2) is 51.4 Å². The van der Waals surface area contributed by atoms with Crippen LogP contribution in [0.15, 0.2) is 10.9 Å². The summed E-state index contributed by atoms with van der Waals surface area (Å²) in [4.78, 5) is 28.0. The topological polar surface area (TPSA) is 123 Å². The molecule has 3 heterocycles. The molecule has 0 bridgehead atoms. The molecule has 1 fully saturated rings. The fourth-order valence-corrected chi connectivity index (χ4v) is 2.60. The molecule has 2 atom stereocenters. The summed E-state index contributed by atoms with van der Waals surface area (Å²) >= 11 is 0. The van der Waals surface area contributed by atoms with Crippen LogP contribution in [0.3, 0.4) is 0 Å². The first-order chi connectivity index (χ1) is 10.1. The van der Waals surface area contributed by atoms with Gasteiger partial charge in [0.2, 0.25) is 0 Å². The van der Waals surface area contributed by atoms with Crippen LogP contribution in [0.25, 0.3) is 11.0 Å². The van der Waals surface area contributed by atoms with E-state index in [4.69, 9.17) is 0 Å². The number of aromatic amines is 2. The second-order valence-corrected chi connectivity index (χ2v) is 5.27. The van der Waals surface area contributed by atoms with Crippen molar-refractivity contribution in [1.82, 2.24) is 25.8 Å². The third-order valence-corrected chi connectivity index (χ3v) is 3.74. The van der Waals surface area contributed by atoms with Crippen molar-refractivity contribution < 1.29 is 9.90 Å². The second kappa shape index (κ2) is 5.30. The molecular weight excluding hydrogens is 274 g/mol. The van der Waals surface area contributed by atoms with Gasteiger partial charge >= 0.3 is 0 Å². The van der Waals surface area contributed by atoms with Gasteiger partial charge in [-0.25, -0.2) is 4.98 Å². The minimum absolute atomic E-state index is 0.223. The highest BCUT2D eigenvalue weighted by Gasteiger charge is 2.25. The van der Waals surface area contributed by atoms with Gasteiger partial charge in [0.15, 0.2) is 5.65 Å². The van der Waals surface area contributed by atoms with Crippen molar-refractivity contribution in [3.63, 3.8) is 0 Å². The first-order valence-electron chi connectivity index (χ1n) is 6.84. The molecule has 0 unspecified atom stereocenters. The Morgan fingerprint density at radius 1 is 1.48 bits per heavy atom. The average Bonchev–Trinajstić information content (AvgIpc) is 2.83. The molecule has 3 rings (SSSR count). The van der Waals surface area contributed by atoms with E-state index < -0.39 is 6.10 Å². The molecule has 8 heteroatoms. The summed E-state index contributed by atoms with van der Waals surface area (Å²) in [6.07, 6.45) is 0.0503. The molecule has 0 saturated carbocycles. The van der Waals surface area contributed by atoms with Crippen LogP contribution >= 0.6 is 0 Å². The number of hydrogen-bond donors (Lipinski definition) is 5. The summed E-state index contributed by atoms with van der Waals surface area (Å²) < 4.78 is 0. The standard InChI is InChI=1S/C13H17N5O3/c1-6-4-8(15-11-10(6)13(21)18-17-11)12(20)16-7-2-3-14-5-9(7)19/h4,7,9,14,19H,2-3,5H2,1H3,(H,16,20)(H2,15,17,18,21)/t7-,9-/m1/s1. The highest BCUT2D eigenvalue weighted by molar-refractivity contribution is 5.95. The Hall–Kier alpha value is -2.19. The smallest absolute Gasteiger partial charge is 0.273 e. The minimum Gasteiger partial charge on any atom is -0.390 e. The molecule has 8 nitrogen and oxygen atoms in total. The van der Waals surface area contributed by atoms with E-state index in [-0.39, 0.29) is 23.2 Å². The molecule has 0 aromatic carbocycles. The highest BCUT2D eigenvalue weighted by atomic mass is 16.3. The zero-order valence-electron chi connectivity index (χ0n) is 11.6. The summed E-state index contributed by atoms with van der Waals surface area (Å²) in [5.41, 5.74) is 1.01. The van der Waals surface area contributed by atoms with Crippen LogP contribution < -0.4 is 16.2 Å². The minimum atomic E-state index is -0.611. The van der Waals surface area contributed by atoms with E-state index in [2.05, 4.69) is 25.8 Å². The molecule has 1 saturated heterocycles. The number of pyridine rings is 1. The Bertz CT molecular complexity index is 735. The van der Waals surface area contributed by atoms with Gasteiger partial charge in [0.25, 0.3) is 11.5 Å². The Balaban J connectivity index is 1.86. The quantitative estimate of drug-likeness (QED) is 0.486. The summed E-state index contributed by atoms with van der Waals surface area (Å²) in [7, 11) is 0. The van der Waals surface area contributed by atoms with Gasteiger partial charge in [0.1, 0.15) is 5.69 Å². The van der Waals surface area contributed by atoms with Crippen molar-refractivity contribution in [2.75, 3.05) is 13.1 Å². The lowest BCUT2D eigenvalue weighted by Gasteiger charge is -2.28. The van der Waals surface area contributed by atoms with E-state index in [1.54, 1.807) is 13.0 Å². The number of amides is 1. The number of nitrogens with zero attached hydrogens (tertiary/aromatic N) is 1. The molecule has 2 aromatic heterocycles. The normalized spacial score (nSPS) is 22.4. The fourth-order valence-electron chi connectivity index (χ4n) is 2.60. The van der Waals surface area contributed by atoms with E-state index >= 15 is 0 Å². The number of piperidine rings is 1. The van der Waals surface area contributed by atoms with Crippen molar-refractivity contribution in [2.24, 2.45) is 0 Å². The molecule has 112 valence electrons. The van der Waals surface area contributed by atoms with E-state index in [0.29, 0.717) is 29.6 Å². The molecule has 5 N–H and O–H groups in total. The lowest BCUT2D eigenvalue weighted by Crippen LogP contribution is -2.52. The molecule has 1 amide bonds. The molecule has 0 radical (unpaired) electrons. The number of aryl methyl sites for hydroxylation is 1. The second-order valence-electron chi connectivity index (χ2n) is 5.27. The fraction of sp³-hybridized carbons (Fsp3) is 0.462. The van der Waals surface area contributed by atoms with Gasteiger partial charge in [-0.05, 0) is 31.5 Å². The molecular formula is C13H17N5O3. The first kappa shape index (κ1) is 13.8. The van der Waals surface area contributed by atoms with Crippen LogP contribution in [0.4, 0.5) is 0 Å². The van der Waals surface area contributed by atoms with Gasteiger partial charge in [0, 0.05) is 6.54 Å². The number of H-pyrrole nitrogens is 2. The van der Waals surface area contributed by atoms with Crippen LogP contribution in [0.5, 0.6) is 0 Å². The molecule has 0 spiro atoms. The number of β-amino-alcohol motifs (C(OH)–C–C–N with tert-alkyl or cyclic N) is 1. The number of aliphatic hydroxyl groups excluding tert-OH is 1. The lowest BCUT2D eigenvalue weighted by atomic mass is 10.0. The predicted molar refractivity (Wildman–Crippen MR) is 76.2 cm³/mol. The number of nitrogens with one attached hydrogen (secondary N) is 4. The summed E-state index contributed by atoms with van der Waals surface area (Å²) in [6.45, 7) is 2.96. The third kappa shape index (κ3) is 2.55. The number of hydrogen-bond acceptors (Lipinski definition) is 5. The van der Waals surface area contributed by atoms with Crippen molar-refractivity contribution in [3.8, 4) is 0 Å². The number of carbonyl (C=O) groups excluding carboxylic acids is 1. The molecule has 0 aliphatic carbocycles. The summed E-state index contributed by atoms with van der Waals surface area (Å²) in [5, 5.41) is 21.2. The van der Waals surface area contributed by atoms with Gasteiger partial charge in [-0.2, -0.15) is 0 Å². The number of aliphatic hydroxyl groups is 1. The molecule has 2 aromatic rings. The number of carbonyl (C=O) groups is 1. The zero-order chi connectivity index (χ0) is 15.0.